The van der Waals surface area contributed by atoms with Crippen molar-refractivity contribution in [2.75, 3.05) is 9.80 Å². The topological polar surface area (TPSA) is 6.48 Å². The molecule has 3 aliphatic rings. The van der Waals surface area contributed by atoms with Gasteiger partial charge >= 0.3 is 0 Å². The van der Waals surface area contributed by atoms with Gasteiger partial charge in [-0.05, 0) is 151 Å². The first-order chi connectivity index (χ1) is 36.0. The molecular formula is C70H48N2S. The van der Waals surface area contributed by atoms with Crippen molar-refractivity contribution in [2.24, 2.45) is 0 Å². The van der Waals surface area contributed by atoms with Crippen molar-refractivity contribution < 1.29 is 0 Å². The minimum Gasteiger partial charge on any atom is -0.310 e. The second kappa shape index (κ2) is 15.9. The number of rotatable bonds is 7. The zero-order valence-corrected chi connectivity index (χ0v) is 41.4. The summed E-state index contributed by atoms with van der Waals surface area (Å²) in [6.45, 7) is 4.76. The van der Waals surface area contributed by atoms with Gasteiger partial charge in [0, 0.05) is 59.6 Å². The standard InChI is InChI=1S/C70H48N2S/c1-69(2)60-28-14-9-24-52(60)55-37-34-49(42-63(55)69)72(66-31-17-12-23-51(66)45-19-5-3-6-20-45)50-35-39-57-54-26-11-16-30-62(54)70(65(57)44-50)61-29-15-10-25-53(61)56-38-33-48(43-64(56)70)71(46-21-7-4-8-22-46)47-36-40-68-59(41-47)58-27-13-18-32-67(58)73-68/h3-44H,1-2H3. The van der Waals surface area contributed by atoms with Crippen LogP contribution < -0.4 is 9.80 Å². The molecule has 0 N–H and O–H groups in total. The number of benzene rings is 11. The zero-order chi connectivity index (χ0) is 48.4. The summed E-state index contributed by atoms with van der Waals surface area (Å²) in [6, 6.07) is 95.5. The maximum absolute atomic E-state index is 2.54. The second-order valence-corrected chi connectivity index (χ2v) is 21.5. The lowest BCUT2D eigenvalue weighted by Gasteiger charge is -2.34. The van der Waals surface area contributed by atoms with Crippen LogP contribution in [0, 0.1) is 0 Å². The molecule has 0 amide bonds. The Kier molecular flexibility index (Phi) is 9.12. The van der Waals surface area contributed by atoms with Crippen LogP contribution in [0.5, 0.6) is 0 Å². The average Bonchev–Trinajstić information content (AvgIpc) is 4.13. The Bertz CT molecular complexity index is 4190. The highest BCUT2D eigenvalue weighted by atomic mass is 32.1. The van der Waals surface area contributed by atoms with Gasteiger partial charge in [-0.1, -0.05) is 190 Å². The first-order valence-electron chi connectivity index (χ1n) is 25.4. The van der Waals surface area contributed by atoms with E-state index in [4.69, 9.17) is 0 Å². The molecule has 3 aliphatic carbocycles. The maximum atomic E-state index is 2.54. The molecule has 3 heteroatoms. The number of anilines is 6. The minimum absolute atomic E-state index is 0.165. The Labute approximate surface area is 430 Å². The van der Waals surface area contributed by atoms with E-state index in [-0.39, 0.29) is 5.41 Å². The molecule has 0 radical (unpaired) electrons. The van der Waals surface area contributed by atoms with Crippen molar-refractivity contribution in [1.82, 2.24) is 0 Å². The van der Waals surface area contributed by atoms with E-state index >= 15 is 0 Å². The van der Waals surface area contributed by atoms with Crippen molar-refractivity contribution in [3.8, 4) is 44.5 Å². The van der Waals surface area contributed by atoms with Gasteiger partial charge in [-0.15, -0.1) is 11.3 Å². The first-order valence-corrected chi connectivity index (χ1v) is 26.2. The van der Waals surface area contributed by atoms with Crippen LogP contribution in [0.2, 0.25) is 0 Å². The lowest BCUT2D eigenvalue weighted by Crippen LogP contribution is -2.26. The van der Waals surface area contributed by atoms with Gasteiger partial charge in [-0.25, -0.2) is 0 Å². The van der Waals surface area contributed by atoms with Crippen molar-refractivity contribution in [3.05, 3.63) is 288 Å². The van der Waals surface area contributed by atoms with Gasteiger partial charge in [0.15, 0.2) is 0 Å². The van der Waals surface area contributed by atoms with E-state index < -0.39 is 5.41 Å². The third-order valence-corrected chi connectivity index (χ3v) is 17.4. The van der Waals surface area contributed by atoms with E-state index in [1.54, 1.807) is 0 Å². The normalized spacial score (nSPS) is 15.2. The molecule has 0 aliphatic heterocycles. The summed E-state index contributed by atoms with van der Waals surface area (Å²) in [7, 11) is 0. The van der Waals surface area contributed by atoms with E-state index in [1.165, 1.54) is 98.1 Å². The molecule has 12 aromatic rings. The molecule has 1 unspecified atom stereocenters. The fourth-order valence-electron chi connectivity index (χ4n) is 13.1. The average molecular weight is 949 g/mol. The summed E-state index contributed by atoms with van der Waals surface area (Å²) in [6.07, 6.45) is 0. The summed E-state index contributed by atoms with van der Waals surface area (Å²) in [5.41, 5.74) is 24.0. The van der Waals surface area contributed by atoms with E-state index in [2.05, 4.69) is 278 Å². The summed E-state index contributed by atoms with van der Waals surface area (Å²) in [5, 5.41) is 2.58. The molecular weight excluding hydrogens is 901 g/mol. The molecule has 73 heavy (non-hydrogen) atoms. The van der Waals surface area contributed by atoms with Gasteiger partial charge < -0.3 is 9.80 Å². The van der Waals surface area contributed by atoms with Crippen LogP contribution in [-0.2, 0) is 10.8 Å². The molecule has 2 nitrogen and oxygen atoms in total. The molecule has 1 spiro atoms. The number of nitrogens with zero attached hydrogens (tertiary/aromatic N) is 2. The van der Waals surface area contributed by atoms with Crippen LogP contribution in [0.15, 0.2) is 255 Å². The summed E-state index contributed by atoms with van der Waals surface area (Å²) in [4.78, 5) is 4.98. The molecule has 0 bridgehead atoms. The van der Waals surface area contributed by atoms with E-state index in [1.807, 2.05) is 11.3 Å². The number of thiophene rings is 1. The third-order valence-electron chi connectivity index (χ3n) is 16.3. The Morgan fingerprint density at radius 2 is 0.726 bits per heavy atom. The smallest absolute Gasteiger partial charge is 0.0727 e. The quantitative estimate of drug-likeness (QED) is 0.157. The van der Waals surface area contributed by atoms with Gasteiger partial charge in [0.1, 0.15) is 0 Å². The second-order valence-electron chi connectivity index (χ2n) is 20.4. The maximum Gasteiger partial charge on any atom is 0.0727 e. The van der Waals surface area contributed by atoms with Crippen LogP contribution in [0.4, 0.5) is 34.1 Å². The SMILES string of the molecule is CC1(C)c2ccccc2-c2ccc(N(c3ccc4c(c3)C3(c5ccccc5-c5ccc(N(c6ccccc6)c6ccc7sc8ccccc8c7c6)cc53)c3ccccc3-4)c3ccccc3-c3ccccc3)cc21. The summed E-state index contributed by atoms with van der Waals surface area (Å²) in [5.74, 6) is 0. The van der Waals surface area contributed by atoms with E-state index in [0.717, 1.165) is 34.1 Å². The third kappa shape index (κ3) is 6.04. The van der Waals surface area contributed by atoms with Crippen LogP contribution in [0.1, 0.15) is 47.2 Å². The first kappa shape index (κ1) is 42.0. The molecule has 15 rings (SSSR count). The van der Waals surface area contributed by atoms with Crippen LogP contribution >= 0.6 is 11.3 Å². The van der Waals surface area contributed by atoms with Gasteiger partial charge in [0.25, 0.3) is 0 Å². The van der Waals surface area contributed by atoms with E-state index in [9.17, 15) is 0 Å². The molecule has 1 atom stereocenters. The molecule has 1 aromatic heterocycles. The van der Waals surface area contributed by atoms with Gasteiger partial charge in [-0.2, -0.15) is 0 Å². The monoisotopic (exact) mass is 948 g/mol. The van der Waals surface area contributed by atoms with Crippen molar-refractivity contribution in [2.45, 2.75) is 24.7 Å². The van der Waals surface area contributed by atoms with Crippen LogP contribution in [-0.4, -0.2) is 0 Å². The van der Waals surface area contributed by atoms with E-state index in [0.29, 0.717) is 0 Å². The lowest BCUT2D eigenvalue weighted by molar-refractivity contribution is 0.660. The summed E-state index contributed by atoms with van der Waals surface area (Å²) >= 11 is 1.86. The van der Waals surface area contributed by atoms with Crippen molar-refractivity contribution in [1.29, 1.82) is 0 Å². The van der Waals surface area contributed by atoms with Gasteiger partial charge in [0.05, 0.1) is 11.1 Å². The zero-order valence-electron chi connectivity index (χ0n) is 40.6. The molecule has 0 fully saturated rings. The molecule has 1 heterocycles. The summed E-state index contributed by atoms with van der Waals surface area (Å²) < 4.78 is 2.61. The Hall–Kier alpha value is -8.76. The molecule has 0 saturated heterocycles. The Morgan fingerprint density at radius 3 is 1.38 bits per heavy atom. The number of hydrogen-bond acceptors (Lipinski definition) is 3. The fraction of sp³-hybridized carbons (Fsp3) is 0.0571. The predicted octanol–water partition coefficient (Wildman–Crippen LogP) is 19.3. The predicted molar refractivity (Wildman–Crippen MR) is 308 cm³/mol. The molecule has 344 valence electrons. The number of fused-ring (bicyclic) bond motifs is 16. The number of para-hydroxylation sites is 2. The van der Waals surface area contributed by atoms with Crippen molar-refractivity contribution >= 4 is 65.6 Å². The van der Waals surface area contributed by atoms with Crippen LogP contribution in [0.25, 0.3) is 64.7 Å². The lowest BCUT2D eigenvalue weighted by atomic mass is 9.70. The highest BCUT2D eigenvalue weighted by Crippen LogP contribution is 2.64. The molecule has 11 aromatic carbocycles. The van der Waals surface area contributed by atoms with Crippen LogP contribution in [0.3, 0.4) is 0 Å². The largest absolute Gasteiger partial charge is 0.310 e. The fourth-order valence-corrected chi connectivity index (χ4v) is 14.1. The Balaban J connectivity index is 0.975. The molecule has 0 saturated carbocycles. The highest BCUT2D eigenvalue weighted by molar-refractivity contribution is 7.25. The highest BCUT2D eigenvalue weighted by Gasteiger charge is 2.52. The van der Waals surface area contributed by atoms with Gasteiger partial charge in [-0.3, -0.25) is 0 Å². The Morgan fingerprint density at radius 1 is 0.288 bits per heavy atom. The number of hydrogen-bond donors (Lipinski definition) is 0. The van der Waals surface area contributed by atoms with Gasteiger partial charge in [0.2, 0.25) is 0 Å². The minimum atomic E-state index is -0.605. The van der Waals surface area contributed by atoms with Crippen molar-refractivity contribution in [3.63, 3.8) is 0 Å².